The van der Waals surface area contributed by atoms with Crippen molar-refractivity contribution >= 4 is 40.1 Å². The van der Waals surface area contributed by atoms with Crippen LogP contribution >= 0.6 is 28.3 Å². The summed E-state index contributed by atoms with van der Waals surface area (Å²) in [6.45, 7) is 2.31. The van der Waals surface area contributed by atoms with Gasteiger partial charge < -0.3 is 10.6 Å². The Balaban J connectivity index is 0.00000176. The number of carbonyl (C=O) groups excluding carboxylic acids is 1. The third kappa shape index (κ3) is 4.09. The number of halogens is 2. The Morgan fingerprint density at radius 3 is 2.82 bits per heavy atom. The number of amides is 1. The maximum absolute atomic E-state index is 12.2. The third-order valence-corrected chi connectivity index (χ3v) is 4.17. The van der Waals surface area contributed by atoms with Gasteiger partial charge in [0.25, 0.3) is 0 Å². The average Bonchev–Trinajstić information content (AvgIpc) is 3.14. The number of benzene rings is 1. The zero-order valence-electron chi connectivity index (χ0n) is 12.0. The number of carbonyl (C=O) groups is 1. The highest BCUT2D eigenvalue weighted by Crippen LogP contribution is 2.16. The van der Waals surface area contributed by atoms with Crippen LogP contribution in [0.5, 0.6) is 0 Å². The number of nitrogens with one attached hydrogen (secondary N) is 2. The number of nitrogens with zero attached hydrogens (tertiary/aromatic N) is 2. The molecule has 3 rings (SSSR count). The van der Waals surface area contributed by atoms with E-state index in [0.717, 1.165) is 35.4 Å². The van der Waals surface area contributed by atoms with Gasteiger partial charge in [0, 0.05) is 17.1 Å². The molecule has 1 aromatic carbocycles. The van der Waals surface area contributed by atoms with Gasteiger partial charge in [-0.25, -0.2) is 4.68 Å². The second kappa shape index (κ2) is 7.76. The van der Waals surface area contributed by atoms with E-state index in [1.807, 2.05) is 35.0 Å². The van der Waals surface area contributed by atoms with Crippen molar-refractivity contribution in [1.82, 2.24) is 15.1 Å². The van der Waals surface area contributed by atoms with Crippen molar-refractivity contribution in [2.75, 3.05) is 18.4 Å². The van der Waals surface area contributed by atoms with Gasteiger partial charge in [-0.05, 0) is 30.7 Å². The molecule has 2 N–H and O–H groups in total. The normalized spacial score (nSPS) is 17.0. The number of aromatic nitrogens is 2. The molecule has 2 heterocycles. The third-order valence-electron chi connectivity index (χ3n) is 3.64. The molecular weight excluding hydrogens is 368 g/mol. The van der Waals surface area contributed by atoms with E-state index in [1.54, 1.807) is 6.20 Å². The number of anilines is 1. The van der Waals surface area contributed by atoms with Crippen LogP contribution in [0.2, 0.25) is 0 Å². The number of hydrogen-bond acceptors (Lipinski definition) is 3. The van der Waals surface area contributed by atoms with Gasteiger partial charge in [-0.15, -0.1) is 12.4 Å². The molecule has 1 fully saturated rings. The smallest absolute Gasteiger partial charge is 0.229 e. The van der Waals surface area contributed by atoms with Crippen molar-refractivity contribution in [3.05, 3.63) is 46.6 Å². The molecule has 0 aliphatic carbocycles. The average molecular weight is 386 g/mol. The zero-order chi connectivity index (χ0) is 14.7. The van der Waals surface area contributed by atoms with Crippen LogP contribution in [0, 0.1) is 5.92 Å². The van der Waals surface area contributed by atoms with E-state index < -0.39 is 0 Å². The van der Waals surface area contributed by atoms with Crippen LogP contribution < -0.4 is 10.6 Å². The molecule has 1 amide bonds. The lowest BCUT2D eigenvalue weighted by Gasteiger charge is -2.12. The summed E-state index contributed by atoms with van der Waals surface area (Å²) in [4.78, 5) is 12.2. The van der Waals surface area contributed by atoms with Gasteiger partial charge >= 0.3 is 0 Å². The maximum atomic E-state index is 12.2. The largest absolute Gasteiger partial charge is 0.316 e. The molecule has 0 spiro atoms. The van der Waals surface area contributed by atoms with Gasteiger partial charge in [0.2, 0.25) is 5.91 Å². The Morgan fingerprint density at radius 2 is 2.14 bits per heavy atom. The molecule has 7 heteroatoms. The van der Waals surface area contributed by atoms with Crippen LogP contribution in [0.25, 0.3) is 0 Å². The minimum Gasteiger partial charge on any atom is -0.316 e. The molecule has 22 heavy (non-hydrogen) atoms. The first-order chi connectivity index (χ1) is 10.2. The minimum absolute atomic E-state index is 0. The van der Waals surface area contributed by atoms with Crippen LogP contribution in [0.4, 0.5) is 5.82 Å². The van der Waals surface area contributed by atoms with Crippen molar-refractivity contribution in [2.45, 2.75) is 13.0 Å². The zero-order valence-corrected chi connectivity index (χ0v) is 14.4. The predicted molar refractivity (Wildman–Crippen MR) is 92.3 cm³/mol. The van der Waals surface area contributed by atoms with Gasteiger partial charge in [-0.2, -0.15) is 5.10 Å². The van der Waals surface area contributed by atoms with Crippen LogP contribution in [0.1, 0.15) is 12.0 Å². The quantitative estimate of drug-likeness (QED) is 0.851. The van der Waals surface area contributed by atoms with Crippen LogP contribution in [0.15, 0.2) is 41.0 Å². The lowest BCUT2D eigenvalue weighted by molar-refractivity contribution is -0.119. The standard InChI is InChI=1S/C15H17BrN4O.ClH/c16-13-3-1-11(2-4-13)10-20-14(6-8-18-20)19-15(21)12-5-7-17-9-12;/h1-4,6,8,12,17H,5,7,9-10H2,(H,19,21);1H. The highest BCUT2D eigenvalue weighted by molar-refractivity contribution is 9.10. The molecule has 0 saturated carbocycles. The Hall–Kier alpha value is -1.37. The van der Waals surface area contributed by atoms with Crippen LogP contribution in [-0.4, -0.2) is 28.8 Å². The monoisotopic (exact) mass is 384 g/mol. The molecule has 0 bridgehead atoms. The minimum atomic E-state index is 0. The molecule has 0 radical (unpaired) electrons. The summed E-state index contributed by atoms with van der Waals surface area (Å²) in [6.07, 6.45) is 2.61. The SMILES string of the molecule is Cl.O=C(Nc1ccnn1Cc1ccc(Br)cc1)C1CCNC1. The second-order valence-electron chi connectivity index (χ2n) is 5.18. The fourth-order valence-electron chi connectivity index (χ4n) is 2.43. The Bertz CT molecular complexity index is 623. The van der Waals surface area contributed by atoms with E-state index in [2.05, 4.69) is 31.7 Å². The summed E-state index contributed by atoms with van der Waals surface area (Å²) >= 11 is 3.42. The molecule has 1 saturated heterocycles. The van der Waals surface area contributed by atoms with Crippen molar-refractivity contribution < 1.29 is 4.79 Å². The maximum Gasteiger partial charge on any atom is 0.229 e. The summed E-state index contributed by atoms with van der Waals surface area (Å²) in [6, 6.07) is 9.91. The molecule has 5 nitrogen and oxygen atoms in total. The summed E-state index contributed by atoms with van der Waals surface area (Å²) < 4.78 is 2.86. The van der Waals surface area contributed by atoms with E-state index in [9.17, 15) is 4.79 Å². The number of hydrogen-bond donors (Lipinski definition) is 2. The van der Waals surface area contributed by atoms with Crippen LogP contribution in [-0.2, 0) is 11.3 Å². The second-order valence-corrected chi connectivity index (χ2v) is 6.10. The van der Waals surface area contributed by atoms with Crippen molar-refractivity contribution in [2.24, 2.45) is 5.92 Å². The summed E-state index contributed by atoms with van der Waals surface area (Å²) in [5, 5.41) is 10.5. The summed E-state index contributed by atoms with van der Waals surface area (Å²) in [5.41, 5.74) is 1.14. The van der Waals surface area contributed by atoms with Gasteiger partial charge in [0.1, 0.15) is 5.82 Å². The molecule has 1 aromatic heterocycles. The molecule has 2 aromatic rings. The van der Waals surface area contributed by atoms with E-state index >= 15 is 0 Å². The molecule has 1 atom stereocenters. The lowest BCUT2D eigenvalue weighted by Crippen LogP contribution is -2.26. The fourth-order valence-corrected chi connectivity index (χ4v) is 2.70. The van der Waals surface area contributed by atoms with Crippen molar-refractivity contribution in [3.63, 3.8) is 0 Å². The van der Waals surface area contributed by atoms with Gasteiger partial charge in [-0.1, -0.05) is 28.1 Å². The Kier molecular flexibility index (Phi) is 5.99. The first kappa shape index (κ1) is 17.0. The fraction of sp³-hybridized carbons (Fsp3) is 0.333. The molecule has 1 aliphatic heterocycles. The van der Waals surface area contributed by atoms with Gasteiger partial charge in [-0.3, -0.25) is 4.79 Å². The molecule has 1 aliphatic rings. The first-order valence-corrected chi connectivity index (χ1v) is 7.79. The lowest BCUT2D eigenvalue weighted by atomic mass is 10.1. The Morgan fingerprint density at radius 1 is 1.36 bits per heavy atom. The van der Waals surface area contributed by atoms with Crippen molar-refractivity contribution in [3.8, 4) is 0 Å². The number of rotatable bonds is 4. The van der Waals surface area contributed by atoms with Crippen LogP contribution in [0.3, 0.4) is 0 Å². The van der Waals surface area contributed by atoms with E-state index in [1.165, 1.54) is 0 Å². The van der Waals surface area contributed by atoms with E-state index in [-0.39, 0.29) is 24.2 Å². The predicted octanol–water partition coefficient (Wildman–Crippen LogP) is 2.66. The van der Waals surface area contributed by atoms with Gasteiger partial charge in [0.15, 0.2) is 0 Å². The molecular formula is C15H18BrClN4O. The highest BCUT2D eigenvalue weighted by atomic mass is 79.9. The highest BCUT2D eigenvalue weighted by Gasteiger charge is 2.23. The first-order valence-electron chi connectivity index (χ1n) is 7.00. The topological polar surface area (TPSA) is 59.0 Å². The van der Waals surface area contributed by atoms with E-state index in [0.29, 0.717) is 6.54 Å². The molecule has 1 unspecified atom stereocenters. The Labute approximate surface area is 144 Å². The molecule has 118 valence electrons. The van der Waals surface area contributed by atoms with Crippen molar-refractivity contribution in [1.29, 1.82) is 0 Å². The summed E-state index contributed by atoms with van der Waals surface area (Å²) in [7, 11) is 0. The summed E-state index contributed by atoms with van der Waals surface area (Å²) in [5.74, 6) is 0.869. The van der Waals surface area contributed by atoms with E-state index in [4.69, 9.17) is 0 Å². The van der Waals surface area contributed by atoms with Gasteiger partial charge in [0.05, 0.1) is 18.7 Å².